The van der Waals surface area contributed by atoms with Crippen molar-refractivity contribution < 1.29 is 0 Å². The minimum absolute atomic E-state index is 0.678. The molecular weight excluding hydrogens is 227 g/mol. The van der Waals surface area contributed by atoms with Crippen molar-refractivity contribution in [3.05, 3.63) is 10.8 Å². The van der Waals surface area contributed by atoms with Gasteiger partial charge in [-0.15, -0.1) is 0 Å². The van der Waals surface area contributed by atoms with Gasteiger partial charge in [0.15, 0.2) is 0 Å². The molecule has 1 heterocycles. The van der Waals surface area contributed by atoms with E-state index in [1.165, 1.54) is 10.6 Å². The molecule has 0 amide bonds. The van der Waals surface area contributed by atoms with Crippen molar-refractivity contribution in [2.45, 2.75) is 17.6 Å². The molecule has 0 aromatic carbocycles. The number of hydrogen-bond acceptors (Lipinski definition) is 2. The van der Waals surface area contributed by atoms with Gasteiger partial charge in [-0.1, -0.05) is 0 Å². The molecule has 10 heavy (non-hydrogen) atoms. The fraction of sp³-hybridized carbons (Fsp3) is 0.429. The van der Waals surface area contributed by atoms with Gasteiger partial charge >= 0.3 is 76.7 Å². The third-order valence-corrected chi connectivity index (χ3v) is 5.20. The van der Waals surface area contributed by atoms with E-state index in [1.807, 2.05) is 23.1 Å². The van der Waals surface area contributed by atoms with Gasteiger partial charge in [-0.05, 0) is 0 Å². The molecule has 0 aliphatic rings. The summed E-state index contributed by atoms with van der Waals surface area (Å²) < 4.78 is 1.57. The monoisotopic (exact) mass is 238 g/mol. The zero-order valence-corrected chi connectivity index (χ0v) is 9.43. The molecule has 1 rings (SSSR count). The summed E-state index contributed by atoms with van der Waals surface area (Å²) in [7, 11) is 0. The first kappa shape index (κ1) is 8.66. The number of thioether (sulfide) groups is 1. The molecule has 0 saturated carbocycles. The molecule has 0 unspecified atom stereocenters. The molecule has 0 saturated heterocycles. The summed E-state index contributed by atoms with van der Waals surface area (Å²) in [6.07, 6.45) is 0. The Kier molecular flexibility index (Phi) is 3.85. The van der Waals surface area contributed by atoms with E-state index in [-0.39, 0.29) is 0 Å². The van der Waals surface area contributed by atoms with Gasteiger partial charge in [-0.3, -0.25) is 0 Å². The van der Waals surface area contributed by atoms with Gasteiger partial charge in [0.2, 0.25) is 0 Å². The van der Waals surface area contributed by atoms with Crippen LogP contribution in [0.15, 0.2) is 15.7 Å². The van der Waals surface area contributed by atoms with Crippen molar-refractivity contribution in [2.75, 3.05) is 5.75 Å². The molecule has 3 heteroatoms. The standard InChI is InChI=1S/C7H10S2Se/c1-3-9-6-4-8-5-7(6)10-2/h4-5H,3H2,1-2H3. The van der Waals surface area contributed by atoms with Crippen LogP contribution in [0.4, 0.5) is 0 Å². The van der Waals surface area contributed by atoms with Crippen molar-refractivity contribution in [1.29, 1.82) is 0 Å². The Balaban J connectivity index is 2.70. The molecule has 56 valence electrons. The van der Waals surface area contributed by atoms with Crippen LogP contribution in [0.1, 0.15) is 6.92 Å². The van der Waals surface area contributed by atoms with E-state index in [1.54, 1.807) is 4.46 Å². The van der Waals surface area contributed by atoms with Gasteiger partial charge < -0.3 is 0 Å². The molecule has 0 nitrogen and oxygen atoms in total. The van der Waals surface area contributed by atoms with Crippen LogP contribution in [0.3, 0.4) is 0 Å². The van der Waals surface area contributed by atoms with Gasteiger partial charge in [0.25, 0.3) is 0 Å². The predicted molar refractivity (Wildman–Crippen MR) is 52.0 cm³/mol. The topological polar surface area (TPSA) is 0 Å². The zero-order valence-electron chi connectivity index (χ0n) is 6.09. The summed E-state index contributed by atoms with van der Waals surface area (Å²) in [6.45, 7) is 2.20. The molecule has 0 aliphatic heterocycles. The fourth-order valence-electron chi connectivity index (χ4n) is 0.683. The van der Waals surface area contributed by atoms with Crippen LogP contribution in [-0.4, -0.2) is 20.7 Å². The molecule has 0 aliphatic carbocycles. The molecule has 0 fully saturated rings. The van der Waals surface area contributed by atoms with E-state index in [4.69, 9.17) is 0 Å². The van der Waals surface area contributed by atoms with E-state index in [0.717, 1.165) is 0 Å². The predicted octanol–water partition coefficient (Wildman–Crippen LogP) is 2.24. The zero-order chi connectivity index (χ0) is 7.40. The van der Waals surface area contributed by atoms with Gasteiger partial charge in [0.05, 0.1) is 0 Å². The Hall–Kier alpha value is 0.569. The van der Waals surface area contributed by atoms with E-state index >= 15 is 0 Å². The van der Waals surface area contributed by atoms with Gasteiger partial charge in [-0.2, -0.15) is 0 Å². The maximum atomic E-state index is 2.28. The van der Waals surface area contributed by atoms with Crippen LogP contribution >= 0.6 is 23.1 Å². The first-order valence-corrected chi connectivity index (χ1v) is 7.61. The Morgan fingerprint density at radius 3 is 3.00 bits per heavy atom. The summed E-state index contributed by atoms with van der Waals surface area (Å²) in [5.41, 5.74) is 0. The van der Waals surface area contributed by atoms with Crippen molar-refractivity contribution in [3.8, 4) is 0 Å². The van der Waals surface area contributed by atoms with E-state index in [0.29, 0.717) is 15.0 Å². The summed E-state index contributed by atoms with van der Waals surface area (Å²) >= 11 is 4.46. The Bertz CT molecular complexity index is 195. The number of hydrogen-bond donors (Lipinski definition) is 0. The van der Waals surface area contributed by atoms with Crippen LogP contribution < -0.4 is 4.46 Å². The summed E-state index contributed by atoms with van der Waals surface area (Å²) in [5.74, 6) is 3.47. The van der Waals surface area contributed by atoms with E-state index < -0.39 is 0 Å². The summed E-state index contributed by atoms with van der Waals surface area (Å²) in [6, 6.07) is 0. The van der Waals surface area contributed by atoms with Crippen molar-refractivity contribution in [3.63, 3.8) is 0 Å². The van der Waals surface area contributed by atoms with Crippen LogP contribution in [0.25, 0.3) is 0 Å². The normalized spacial score (nSPS) is 10.2. The summed E-state index contributed by atoms with van der Waals surface area (Å²) in [5, 5.41) is 4.53. The average Bonchev–Trinajstić information content (AvgIpc) is 2.36. The first-order valence-electron chi connectivity index (χ1n) is 3.11. The molecule has 0 radical (unpaired) electrons. The van der Waals surface area contributed by atoms with Gasteiger partial charge in [-0.25, -0.2) is 0 Å². The van der Waals surface area contributed by atoms with Gasteiger partial charge in [0.1, 0.15) is 0 Å². The Morgan fingerprint density at radius 1 is 1.60 bits per heavy atom. The fourth-order valence-corrected chi connectivity index (χ4v) is 4.85. The minimum atomic E-state index is 0.678. The van der Waals surface area contributed by atoms with Crippen molar-refractivity contribution in [1.82, 2.24) is 0 Å². The third-order valence-electron chi connectivity index (χ3n) is 1.11. The van der Waals surface area contributed by atoms with Crippen molar-refractivity contribution >= 4 is 42.5 Å². The average molecular weight is 237 g/mol. The number of thiophene rings is 1. The summed E-state index contributed by atoms with van der Waals surface area (Å²) in [4.78, 5) is 1.51. The van der Waals surface area contributed by atoms with Gasteiger partial charge in [0, 0.05) is 0 Å². The second kappa shape index (κ2) is 4.45. The molecular formula is C7H10S2Se. The molecule has 0 bridgehead atoms. The van der Waals surface area contributed by atoms with E-state index in [2.05, 4.69) is 23.5 Å². The second-order valence-corrected chi connectivity index (χ2v) is 5.57. The van der Waals surface area contributed by atoms with Crippen molar-refractivity contribution in [2.24, 2.45) is 0 Å². The number of rotatable bonds is 3. The van der Waals surface area contributed by atoms with Crippen LogP contribution in [0.2, 0.25) is 5.82 Å². The maximum absolute atomic E-state index is 2.28. The third kappa shape index (κ3) is 2.03. The molecule has 1 aromatic rings. The van der Waals surface area contributed by atoms with Crippen LogP contribution in [0.5, 0.6) is 0 Å². The quantitative estimate of drug-likeness (QED) is 0.574. The Labute approximate surface area is 76.6 Å². The molecule has 0 atom stereocenters. The van der Waals surface area contributed by atoms with E-state index in [9.17, 15) is 0 Å². The molecule has 0 N–H and O–H groups in total. The van der Waals surface area contributed by atoms with Crippen LogP contribution in [0, 0.1) is 0 Å². The van der Waals surface area contributed by atoms with Crippen LogP contribution in [-0.2, 0) is 0 Å². The molecule has 1 aromatic heterocycles. The Morgan fingerprint density at radius 2 is 2.40 bits per heavy atom. The SMILES string of the molecule is CCSc1cscc1[Se]C. The first-order chi connectivity index (χ1) is 4.88. The molecule has 0 spiro atoms. The second-order valence-electron chi connectivity index (χ2n) is 1.74.